The van der Waals surface area contributed by atoms with Crippen molar-refractivity contribution in [1.29, 1.82) is 0 Å². The number of carbonyl (C=O) groups excluding carboxylic acids is 1. The lowest BCUT2D eigenvalue weighted by molar-refractivity contribution is -0.144. The van der Waals surface area contributed by atoms with Gasteiger partial charge in [-0.1, -0.05) is 12.1 Å². The third-order valence-electron chi connectivity index (χ3n) is 2.67. The van der Waals surface area contributed by atoms with Gasteiger partial charge in [0, 0.05) is 0 Å². The Bertz CT molecular complexity index is 536. The summed E-state index contributed by atoms with van der Waals surface area (Å²) in [5.41, 5.74) is 0. The normalized spacial score (nSPS) is 10.9. The first-order chi connectivity index (χ1) is 9.72. The van der Waals surface area contributed by atoms with Crippen LogP contribution in [0, 0.1) is 0 Å². The molecule has 0 aromatic carbocycles. The molecule has 0 aliphatic heterocycles. The van der Waals surface area contributed by atoms with Crippen LogP contribution in [0.1, 0.15) is 19.7 Å². The lowest BCUT2D eigenvalue weighted by atomic mass is 10.4. The highest BCUT2D eigenvalue weighted by molar-refractivity contribution is 5.71. The summed E-state index contributed by atoms with van der Waals surface area (Å²) in [7, 11) is 0. The van der Waals surface area contributed by atoms with Crippen molar-refractivity contribution in [2.75, 3.05) is 19.7 Å². The minimum absolute atomic E-state index is 0.203. The van der Waals surface area contributed by atoms with Gasteiger partial charge >= 0.3 is 5.97 Å². The predicted octanol–water partition coefficient (Wildman–Crippen LogP) is 1.71. The highest BCUT2D eigenvalue weighted by atomic mass is 16.5. The minimum Gasteiger partial charge on any atom is -0.465 e. The van der Waals surface area contributed by atoms with E-state index in [4.69, 9.17) is 13.7 Å². The molecule has 2 aromatic rings. The SMILES string of the molecule is CCOC(=O)CN(CC)Cc1noc(-c2ccco2)n1. The van der Waals surface area contributed by atoms with Gasteiger partial charge in [0.15, 0.2) is 11.6 Å². The molecule has 108 valence electrons. The second-order valence-electron chi connectivity index (χ2n) is 4.10. The lowest BCUT2D eigenvalue weighted by Gasteiger charge is -2.16. The molecule has 0 fully saturated rings. The predicted molar refractivity (Wildman–Crippen MR) is 69.6 cm³/mol. The molecule has 2 rings (SSSR count). The molecule has 0 atom stereocenters. The number of ether oxygens (including phenoxy) is 1. The van der Waals surface area contributed by atoms with Gasteiger partial charge in [-0.3, -0.25) is 9.69 Å². The van der Waals surface area contributed by atoms with E-state index in [1.807, 2.05) is 11.8 Å². The molecule has 20 heavy (non-hydrogen) atoms. The van der Waals surface area contributed by atoms with Crippen molar-refractivity contribution in [3.8, 4) is 11.7 Å². The van der Waals surface area contributed by atoms with Crippen molar-refractivity contribution in [1.82, 2.24) is 15.0 Å². The van der Waals surface area contributed by atoms with Gasteiger partial charge in [0.05, 0.1) is 26.0 Å². The smallest absolute Gasteiger partial charge is 0.320 e. The number of nitrogens with zero attached hydrogens (tertiary/aromatic N) is 3. The zero-order chi connectivity index (χ0) is 14.4. The Balaban J connectivity index is 1.96. The van der Waals surface area contributed by atoms with Crippen molar-refractivity contribution in [3.05, 3.63) is 24.2 Å². The first kappa shape index (κ1) is 14.3. The Morgan fingerprint density at radius 3 is 2.95 bits per heavy atom. The van der Waals surface area contributed by atoms with Gasteiger partial charge in [0.25, 0.3) is 5.89 Å². The van der Waals surface area contributed by atoms with Crippen molar-refractivity contribution in [2.45, 2.75) is 20.4 Å². The average molecular weight is 279 g/mol. The minimum atomic E-state index is -0.260. The number of esters is 1. The molecular weight excluding hydrogens is 262 g/mol. The molecule has 0 aliphatic rings. The van der Waals surface area contributed by atoms with E-state index in [0.29, 0.717) is 37.2 Å². The van der Waals surface area contributed by atoms with Crippen LogP contribution in [0.5, 0.6) is 0 Å². The van der Waals surface area contributed by atoms with E-state index in [-0.39, 0.29) is 12.5 Å². The topological polar surface area (TPSA) is 81.6 Å². The van der Waals surface area contributed by atoms with Gasteiger partial charge in [-0.2, -0.15) is 4.98 Å². The van der Waals surface area contributed by atoms with E-state index in [0.717, 1.165) is 0 Å². The zero-order valence-corrected chi connectivity index (χ0v) is 11.5. The summed E-state index contributed by atoms with van der Waals surface area (Å²) >= 11 is 0. The standard InChI is InChI=1S/C13H17N3O4/c1-3-16(9-12(17)18-4-2)8-11-14-13(20-15-11)10-6-5-7-19-10/h5-7H,3-4,8-9H2,1-2H3. The molecule has 0 radical (unpaired) electrons. The summed E-state index contributed by atoms with van der Waals surface area (Å²) in [6.07, 6.45) is 1.54. The molecular formula is C13H17N3O4. The summed E-state index contributed by atoms with van der Waals surface area (Å²) in [6.45, 7) is 5.41. The fraction of sp³-hybridized carbons (Fsp3) is 0.462. The largest absolute Gasteiger partial charge is 0.465 e. The Hall–Kier alpha value is -2.15. The molecule has 0 saturated carbocycles. The quantitative estimate of drug-likeness (QED) is 0.713. The van der Waals surface area contributed by atoms with Gasteiger partial charge < -0.3 is 13.7 Å². The molecule has 7 nitrogen and oxygen atoms in total. The maximum atomic E-state index is 11.5. The Morgan fingerprint density at radius 2 is 2.30 bits per heavy atom. The Kier molecular flexibility index (Phi) is 4.89. The van der Waals surface area contributed by atoms with E-state index >= 15 is 0 Å². The van der Waals surface area contributed by atoms with Crippen LogP contribution in [-0.2, 0) is 16.1 Å². The molecule has 0 unspecified atom stereocenters. The van der Waals surface area contributed by atoms with E-state index in [1.54, 1.807) is 19.1 Å². The summed E-state index contributed by atoms with van der Waals surface area (Å²) in [4.78, 5) is 17.5. The highest BCUT2D eigenvalue weighted by Gasteiger charge is 2.15. The summed E-state index contributed by atoms with van der Waals surface area (Å²) in [5.74, 6) is 1.10. The molecule has 0 amide bonds. The summed E-state index contributed by atoms with van der Waals surface area (Å²) in [6, 6.07) is 3.49. The number of hydrogen-bond acceptors (Lipinski definition) is 7. The Morgan fingerprint density at radius 1 is 1.45 bits per heavy atom. The van der Waals surface area contributed by atoms with E-state index in [9.17, 15) is 4.79 Å². The fourth-order valence-corrected chi connectivity index (χ4v) is 1.69. The van der Waals surface area contributed by atoms with Crippen molar-refractivity contribution >= 4 is 5.97 Å². The number of rotatable bonds is 7. The van der Waals surface area contributed by atoms with E-state index in [1.165, 1.54) is 6.26 Å². The van der Waals surface area contributed by atoms with Gasteiger partial charge in [-0.25, -0.2) is 0 Å². The molecule has 0 bridgehead atoms. The van der Waals surface area contributed by atoms with E-state index in [2.05, 4.69) is 10.1 Å². The van der Waals surface area contributed by atoms with Gasteiger partial charge in [-0.05, 0) is 25.6 Å². The number of furan rings is 1. The second kappa shape index (κ2) is 6.85. The van der Waals surface area contributed by atoms with Crippen LogP contribution in [0.15, 0.2) is 27.3 Å². The van der Waals surface area contributed by atoms with Gasteiger partial charge in [0.2, 0.25) is 0 Å². The summed E-state index contributed by atoms with van der Waals surface area (Å²) in [5, 5.41) is 3.87. The third kappa shape index (κ3) is 3.67. The number of likely N-dealkylation sites (N-methyl/N-ethyl adjacent to an activating group) is 1. The van der Waals surface area contributed by atoms with Crippen LogP contribution in [0.25, 0.3) is 11.7 Å². The molecule has 0 aliphatic carbocycles. The molecule has 0 saturated heterocycles. The molecule has 2 aromatic heterocycles. The number of carbonyl (C=O) groups is 1. The van der Waals surface area contributed by atoms with Crippen molar-refractivity contribution in [2.24, 2.45) is 0 Å². The molecule has 0 N–H and O–H groups in total. The summed E-state index contributed by atoms with van der Waals surface area (Å²) < 4.78 is 15.2. The first-order valence-corrected chi connectivity index (χ1v) is 6.47. The fourth-order valence-electron chi connectivity index (χ4n) is 1.69. The number of hydrogen-bond donors (Lipinski definition) is 0. The second-order valence-corrected chi connectivity index (χ2v) is 4.10. The van der Waals surface area contributed by atoms with Crippen LogP contribution in [0.3, 0.4) is 0 Å². The lowest BCUT2D eigenvalue weighted by Crippen LogP contribution is -2.30. The van der Waals surface area contributed by atoms with Crippen LogP contribution in [0.2, 0.25) is 0 Å². The average Bonchev–Trinajstić information content (AvgIpc) is 3.08. The van der Waals surface area contributed by atoms with Crippen LogP contribution in [-0.4, -0.2) is 40.7 Å². The van der Waals surface area contributed by atoms with Crippen molar-refractivity contribution < 1.29 is 18.5 Å². The third-order valence-corrected chi connectivity index (χ3v) is 2.67. The molecule has 0 spiro atoms. The van der Waals surface area contributed by atoms with Crippen LogP contribution < -0.4 is 0 Å². The molecule has 2 heterocycles. The van der Waals surface area contributed by atoms with Crippen LogP contribution >= 0.6 is 0 Å². The maximum Gasteiger partial charge on any atom is 0.320 e. The monoisotopic (exact) mass is 279 g/mol. The first-order valence-electron chi connectivity index (χ1n) is 6.47. The van der Waals surface area contributed by atoms with E-state index < -0.39 is 0 Å². The maximum absolute atomic E-state index is 11.5. The molecule has 7 heteroatoms. The van der Waals surface area contributed by atoms with Gasteiger partial charge in [0.1, 0.15) is 0 Å². The number of aromatic nitrogens is 2. The van der Waals surface area contributed by atoms with Crippen LogP contribution in [0.4, 0.5) is 0 Å². The highest BCUT2D eigenvalue weighted by Crippen LogP contribution is 2.17. The zero-order valence-electron chi connectivity index (χ0n) is 11.5. The van der Waals surface area contributed by atoms with Crippen molar-refractivity contribution in [3.63, 3.8) is 0 Å². The Labute approximate surface area is 116 Å². The van der Waals surface area contributed by atoms with Gasteiger partial charge in [-0.15, -0.1) is 0 Å².